The van der Waals surface area contributed by atoms with Gasteiger partial charge in [-0.2, -0.15) is 0 Å². The molecule has 1 N–H and O–H groups in total. The summed E-state index contributed by atoms with van der Waals surface area (Å²) in [5.41, 5.74) is 2.48. The van der Waals surface area contributed by atoms with E-state index >= 15 is 0 Å². The van der Waals surface area contributed by atoms with Crippen LogP contribution in [0.4, 0.5) is 5.82 Å². The van der Waals surface area contributed by atoms with Crippen molar-refractivity contribution in [3.05, 3.63) is 23.4 Å². The molecule has 0 atom stereocenters. The third kappa shape index (κ3) is 4.35. The average Bonchev–Trinajstić information content (AvgIpc) is 2.28. The van der Waals surface area contributed by atoms with E-state index < -0.39 is 0 Å². The molecule has 0 fully saturated rings. The molecular weight excluding hydrogens is 210 g/mol. The highest BCUT2D eigenvalue weighted by Gasteiger charge is 2.07. The van der Waals surface area contributed by atoms with Crippen molar-refractivity contribution in [3.8, 4) is 0 Å². The Labute approximate surface area is 105 Å². The summed E-state index contributed by atoms with van der Waals surface area (Å²) >= 11 is 0. The van der Waals surface area contributed by atoms with Gasteiger partial charge in [0.25, 0.3) is 0 Å². The lowest BCUT2D eigenvalue weighted by atomic mass is 10.1. The molecule has 1 aromatic heterocycles. The fraction of sp³-hybridized carbons (Fsp3) is 0.643. The zero-order valence-corrected chi connectivity index (χ0v) is 11.7. The number of nitrogens with one attached hydrogen (secondary N) is 1. The Morgan fingerprint density at radius 2 is 2.06 bits per heavy atom. The van der Waals surface area contributed by atoms with Gasteiger partial charge in [-0.1, -0.05) is 20.8 Å². The zero-order chi connectivity index (χ0) is 12.8. The van der Waals surface area contributed by atoms with Crippen LogP contribution in [0.25, 0.3) is 0 Å². The van der Waals surface area contributed by atoms with Crippen molar-refractivity contribution in [3.63, 3.8) is 0 Å². The van der Waals surface area contributed by atoms with E-state index in [1.54, 1.807) is 0 Å². The second kappa shape index (κ2) is 6.60. The summed E-state index contributed by atoms with van der Waals surface area (Å²) in [6.07, 6.45) is 0.986. The van der Waals surface area contributed by atoms with E-state index in [0.29, 0.717) is 5.92 Å². The smallest absolute Gasteiger partial charge is 0.128 e. The maximum Gasteiger partial charge on any atom is 0.128 e. The van der Waals surface area contributed by atoms with Crippen molar-refractivity contribution in [1.82, 2.24) is 10.3 Å². The number of hydrogen-bond acceptors (Lipinski definition) is 3. The summed E-state index contributed by atoms with van der Waals surface area (Å²) in [5.74, 6) is 1.74. The second-order valence-corrected chi connectivity index (χ2v) is 4.98. The van der Waals surface area contributed by atoms with Gasteiger partial charge in [-0.3, -0.25) is 0 Å². The first-order chi connectivity index (χ1) is 8.06. The summed E-state index contributed by atoms with van der Waals surface area (Å²) in [6.45, 7) is 8.55. The molecule has 17 heavy (non-hydrogen) atoms. The Hall–Kier alpha value is -1.09. The number of pyridine rings is 1. The van der Waals surface area contributed by atoms with Crippen LogP contribution in [0.2, 0.25) is 0 Å². The highest BCUT2D eigenvalue weighted by Crippen LogP contribution is 2.15. The van der Waals surface area contributed by atoms with E-state index in [-0.39, 0.29) is 0 Å². The Morgan fingerprint density at radius 3 is 2.59 bits per heavy atom. The Balaban J connectivity index is 2.93. The number of hydrogen-bond donors (Lipinski definition) is 1. The van der Waals surface area contributed by atoms with Crippen LogP contribution < -0.4 is 10.2 Å². The molecule has 0 saturated heterocycles. The molecule has 1 aromatic rings. The molecule has 0 radical (unpaired) electrons. The van der Waals surface area contributed by atoms with Crippen LogP contribution in [0.1, 0.15) is 32.0 Å². The van der Waals surface area contributed by atoms with Gasteiger partial charge >= 0.3 is 0 Å². The van der Waals surface area contributed by atoms with Crippen molar-refractivity contribution in [2.24, 2.45) is 5.92 Å². The monoisotopic (exact) mass is 235 g/mol. The number of aromatic nitrogens is 1. The molecule has 0 amide bonds. The van der Waals surface area contributed by atoms with Gasteiger partial charge in [0.2, 0.25) is 0 Å². The minimum Gasteiger partial charge on any atom is -0.359 e. The van der Waals surface area contributed by atoms with Gasteiger partial charge < -0.3 is 10.2 Å². The van der Waals surface area contributed by atoms with Gasteiger partial charge in [-0.25, -0.2) is 4.98 Å². The van der Waals surface area contributed by atoms with Crippen LogP contribution in [0.5, 0.6) is 0 Å². The van der Waals surface area contributed by atoms with E-state index in [0.717, 1.165) is 25.3 Å². The van der Waals surface area contributed by atoms with Crippen molar-refractivity contribution in [1.29, 1.82) is 0 Å². The predicted molar refractivity (Wildman–Crippen MR) is 74.5 cm³/mol. The highest BCUT2D eigenvalue weighted by molar-refractivity contribution is 5.42. The summed E-state index contributed by atoms with van der Waals surface area (Å²) in [5, 5.41) is 3.20. The predicted octanol–water partition coefficient (Wildman–Crippen LogP) is 2.46. The van der Waals surface area contributed by atoms with Crippen LogP contribution in [-0.4, -0.2) is 25.6 Å². The molecular formula is C14H25N3. The maximum absolute atomic E-state index is 4.69. The van der Waals surface area contributed by atoms with Crippen LogP contribution in [0.15, 0.2) is 12.1 Å². The average molecular weight is 235 g/mol. The fourth-order valence-corrected chi connectivity index (χ4v) is 1.96. The fourth-order valence-electron chi connectivity index (χ4n) is 1.96. The summed E-state index contributed by atoms with van der Waals surface area (Å²) < 4.78 is 0. The molecule has 0 aliphatic heterocycles. The standard InChI is InChI=1S/C14H25N3/c1-6-13-7-12(9-15-4)8-14(16-13)17(5)10-11(2)3/h7-8,11,15H,6,9-10H2,1-5H3. The lowest BCUT2D eigenvalue weighted by Crippen LogP contribution is -2.24. The molecule has 0 aliphatic rings. The van der Waals surface area contributed by atoms with Gasteiger partial charge in [0.05, 0.1) is 0 Å². The van der Waals surface area contributed by atoms with Crippen molar-refractivity contribution in [2.75, 3.05) is 25.5 Å². The Kier molecular flexibility index (Phi) is 5.42. The van der Waals surface area contributed by atoms with E-state index in [4.69, 9.17) is 0 Å². The molecule has 0 spiro atoms. The topological polar surface area (TPSA) is 28.2 Å². The largest absolute Gasteiger partial charge is 0.359 e. The van der Waals surface area contributed by atoms with Gasteiger partial charge in [0.1, 0.15) is 5.82 Å². The van der Waals surface area contributed by atoms with Gasteiger partial charge in [0, 0.05) is 25.8 Å². The van der Waals surface area contributed by atoms with Crippen molar-refractivity contribution >= 4 is 5.82 Å². The molecule has 0 saturated carbocycles. The molecule has 1 rings (SSSR count). The van der Waals surface area contributed by atoms with Crippen LogP contribution in [-0.2, 0) is 13.0 Å². The highest BCUT2D eigenvalue weighted by atomic mass is 15.2. The van der Waals surface area contributed by atoms with Crippen LogP contribution in [0, 0.1) is 5.92 Å². The number of aryl methyl sites for hydroxylation is 1. The molecule has 0 bridgehead atoms. The minimum absolute atomic E-state index is 0.653. The lowest BCUT2D eigenvalue weighted by Gasteiger charge is -2.21. The first-order valence-corrected chi connectivity index (χ1v) is 6.42. The summed E-state index contributed by atoms with van der Waals surface area (Å²) in [6, 6.07) is 4.36. The molecule has 0 aliphatic carbocycles. The molecule has 1 heterocycles. The van der Waals surface area contributed by atoms with E-state index in [1.807, 2.05) is 7.05 Å². The van der Waals surface area contributed by atoms with Crippen molar-refractivity contribution < 1.29 is 0 Å². The second-order valence-electron chi connectivity index (χ2n) is 4.98. The minimum atomic E-state index is 0.653. The molecule has 96 valence electrons. The molecule has 3 heteroatoms. The third-order valence-corrected chi connectivity index (χ3v) is 2.70. The maximum atomic E-state index is 4.69. The molecule has 3 nitrogen and oxygen atoms in total. The van der Waals surface area contributed by atoms with E-state index in [9.17, 15) is 0 Å². The van der Waals surface area contributed by atoms with E-state index in [1.165, 1.54) is 11.3 Å². The van der Waals surface area contributed by atoms with Gasteiger partial charge in [-0.05, 0) is 37.1 Å². The number of nitrogens with zero attached hydrogens (tertiary/aromatic N) is 2. The lowest BCUT2D eigenvalue weighted by molar-refractivity contribution is 0.633. The summed E-state index contributed by atoms with van der Waals surface area (Å²) in [4.78, 5) is 6.92. The van der Waals surface area contributed by atoms with E-state index in [2.05, 4.69) is 55.2 Å². The third-order valence-electron chi connectivity index (χ3n) is 2.70. The normalized spacial score (nSPS) is 10.9. The van der Waals surface area contributed by atoms with Gasteiger partial charge in [-0.15, -0.1) is 0 Å². The summed E-state index contributed by atoms with van der Waals surface area (Å²) in [7, 11) is 4.09. The SMILES string of the molecule is CCc1cc(CNC)cc(N(C)CC(C)C)n1. The number of rotatable bonds is 6. The first kappa shape index (κ1) is 14.0. The van der Waals surface area contributed by atoms with Gasteiger partial charge in [0.15, 0.2) is 0 Å². The quantitative estimate of drug-likeness (QED) is 0.821. The zero-order valence-electron chi connectivity index (χ0n) is 11.7. The van der Waals surface area contributed by atoms with Crippen LogP contribution in [0.3, 0.4) is 0 Å². The molecule has 0 unspecified atom stereocenters. The Bertz CT molecular complexity index is 347. The Morgan fingerprint density at radius 1 is 1.35 bits per heavy atom. The van der Waals surface area contributed by atoms with Crippen molar-refractivity contribution in [2.45, 2.75) is 33.7 Å². The number of anilines is 1. The molecule has 0 aromatic carbocycles. The first-order valence-electron chi connectivity index (χ1n) is 6.42. The van der Waals surface area contributed by atoms with Crippen LogP contribution >= 0.6 is 0 Å².